The lowest BCUT2D eigenvalue weighted by molar-refractivity contribution is 0.263. The van der Waals surface area contributed by atoms with Gasteiger partial charge in [-0.15, -0.1) is 0 Å². The first-order chi connectivity index (χ1) is 6.52. The van der Waals surface area contributed by atoms with Gasteiger partial charge in [0, 0.05) is 19.7 Å². The van der Waals surface area contributed by atoms with Gasteiger partial charge in [-0.25, -0.2) is 9.44 Å². The van der Waals surface area contributed by atoms with E-state index in [0.29, 0.717) is 19.5 Å². The Morgan fingerprint density at radius 1 is 1.36 bits per heavy atom. The summed E-state index contributed by atoms with van der Waals surface area (Å²) in [6, 6.07) is 0. The molecule has 6 heteroatoms. The number of aliphatic hydroxyl groups is 1. The average Bonchev–Trinajstić information content (AvgIpc) is 2.13. The second-order valence-corrected chi connectivity index (χ2v) is 4.95. The van der Waals surface area contributed by atoms with Crippen LogP contribution in [0.3, 0.4) is 0 Å². The van der Waals surface area contributed by atoms with Gasteiger partial charge in [0.05, 0.1) is 0 Å². The molecule has 0 bridgehead atoms. The summed E-state index contributed by atoms with van der Waals surface area (Å²) in [5.74, 6) is 0.151. The zero-order valence-electron chi connectivity index (χ0n) is 8.78. The number of nitrogens with one attached hydrogen (secondary N) is 2. The molecule has 0 rings (SSSR count). The predicted octanol–water partition coefficient (Wildman–Crippen LogP) is -0.161. The fourth-order valence-electron chi connectivity index (χ4n) is 0.862. The van der Waals surface area contributed by atoms with Gasteiger partial charge in [-0.05, 0) is 18.8 Å². The summed E-state index contributed by atoms with van der Waals surface area (Å²) in [6.07, 6.45) is 1.38. The van der Waals surface area contributed by atoms with Crippen molar-refractivity contribution in [2.24, 2.45) is 5.92 Å². The molecule has 0 amide bonds. The Hall–Kier alpha value is -0.170. The topological polar surface area (TPSA) is 78.4 Å². The zero-order chi connectivity index (χ0) is 11.0. The monoisotopic (exact) mass is 224 g/mol. The van der Waals surface area contributed by atoms with E-state index in [0.717, 1.165) is 6.42 Å². The van der Waals surface area contributed by atoms with E-state index in [1.807, 2.05) is 13.8 Å². The summed E-state index contributed by atoms with van der Waals surface area (Å²) in [5, 5.41) is 8.61. The van der Waals surface area contributed by atoms with Crippen molar-refractivity contribution < 1.29 is 13.5 Å². The minimum absolute atomic E-state index is 0.0886. The van der Waals surface area contributed by atoms with Crippen molar-refractivity contribution in [2.75, 3.05) is 19.7 Å². The SMILES string of the molecule is CCCNS(=O)(=O)NCC(C)CCO. The molecule has 0 aromatic rings. The quantitative estimate of drug-likeness (QED) is 0.536. The molecule has 1 atom stereocenters. The maximum Gasteiger partial charge on any atom is 0.276 e. The van der Waals surface area contributed by atoms with E-state index in [4.69, 9.17) is 5.11 Å². The van der Waals surface area contributed by atoms with Crippen LogP contribution in [0.4, 0.5) is 0 Å². The van der Waals surface area contributed by atoms with Crippen LogP contribution in [0.2, 0.25) is 0 Å². The molecule has 1 unspecified atom stereocenters. The number of aliphatic hydroxyl groups excluding tert-OH is 1. The van der Waals surface area contributed by atoms with Gasteiger partial charge >= 0.3 is 0 Å². The van der Waals surface area contributed by atoms with Gasteiger partial charge in [-0.3, -0.25) is 0 Å². The highest BCUT2D eigenvalue weighted by Crippen LogP contribution is 1.98. The molecule has 5 nitrogen and oxygen atoms in total. The van der Waals surface area contributed by atoms with E-state index in [1.54, 1.807) is 0 Å². The van der Waals surface area contributed by atoms with Gasteiger partial charge < -0.3 is 5.11 Å². The van der Waals surface area contributed by atoms with Crippen molar-refractivity contribution in [3.8, 4) is 0 Å². The Kier molecular flexibility index (Phi) is 7.08. The number of rotatable bonds is 8. The van der Waals surface area contributed by atoms with E-state index in [-0.39, 0.29) is 12.5 Å². The van der Waals surface area contributed by atoms with Crippen molar-refractivity contribution in [2.45, 2.75) is 26.7 Å². The Morgan fingerprint density at radius 3 is 2.50 bits per heavy atom. The first-order valence-electron chi connectivity index (χ1n) is 4.87. The molecule has 0 radical (unpaired) electrons. The van der Waals surface area contributed by atoms with Crippen LogP contribution >= 0.6 is 0 Å². The molecule has 0 saturated heterocycles. The maximum atomic E-state index is 11.2. The van der Waals surface area contributed by atoms with E-state index in [1.165, 1.54) is 0 Å². The van der Waals surface area contributed by atoms with Crippen LogP contribution in [0.15, 0.2) is 0 Å². The van der Waals surface area contributed by atoms with E-state index in [9.17, 15) is 8.42 Å². The Balaban J connectivity index is 3.75. The van der Waals surface area contributed by atoms with E-state index >= 15 is 0 Å². The second-order valence-electron chi connectivity index (χ2n) is 3.36. The van der Waals surface area contributed by atoms with Crippen LogP contribution in [-0.4, -0.2) is 33.2 Å². The third-order valence-electron chi connectivity index (χ3n) is 1.79. The third kappa shape index (κ3) is 7.25. The van der Waals surface area contributed by atoms with Gasteiger partial charge in [0.15, 0.2) is 0 Å². The molecular weight excluding hydrogens is 204 g/mol. The molecule has 0 heterocycles. The molecule has 0 saturated carbocycles. The molecular formula is C8H20N2O3S. The summed E-state index contributed by atoms with van der Waals surface area (Å²) in [4.78, 5) is 0. The smallest absolute Gasteiger partial charge is 0.276 e. The lowest BCUT2D eigenvalue weighted by atomic mass is 10.1. The molecule has 3 N–H and O–H groups in total. The summed E-state index contributed by atoms with van der Waals surface area (Å²) >= 11 is 0. The van der Waals surface area contributed by atoms with Crippen LogP contribution in [0.25, 0.3) is 0 Å². The minimum Gasteiger partial charge on any atom is -0.396 e. The fraction of sp³-hybridized carbons (Fsp3) is 1.00. The highest BCUT2D eigenvalue weighted by Gasteiger charge is 2.09. The summed E-state index contributed by atoms with van der Waals surface area (Å²) in [5.41, 5.74) is 0. The van der Waals surface area contributed by atoms with Crippen molar-refractivity contribution in [1.82, 2.24) is 9.44 Å². The third-order valence-corrected chi connectivity index (χ3v) is 2.92. The normalized spacial score (nSPS) is 14.2. The largest absolute Gasteiger partial charge is 0.396 e. The lowest BCUT2D eigenvalue weighted by Gasteiger charge is -2.11. The Labute approximate surface area is 86.1 Å². The van der Waals surface area contributed by atoms with Crippen molar-refractivity contribution in [3.63, 3.8) is 0 Å². The maximum absolute atomic E-state index is 11.2. The summed E-state index contributed by atoms with van der Waals surface area (Å²) < 4.78 is 27.3. The predicted molar refractivity (Wildman–Crippen MR) is 56.1 cm³/mol. The number of hydrogen-bond acceptors (Lipinski definition) is 3. The second kappa shape index (κ2) is 7.17. The molecule has 0 aliphatic heterocycles. The van der Waals surface area contributed by atoms with Gasteiger partial charge in [0.2, 0.25) is 0 Å². The van der Waals surface area contributed by atoms with Crippen LogP contribution < -0.4 is 9.44 Å². The van der Waals surface area contributed by atoms with Gasteiger partial charge in [-0.2, -0.15) is 8.42 Å². The van der Waals surface area contributed by atoms with Gasteiger partial charge in [0.1, 0.15) is 0 Å². The van der Waals surface area contributed by atoms with E-state index < -0.39 is 10.2 Å². The summed E-state index contributed by atoms with van der Waals surface area (Å²) in [7, 11) is -3.34. The molecule has 0 spiro atoms. The number of hydrogen-bond donors (Lipinski definition) is 3. The molecule has 0 aromatic carbocycles. The first kappa shape index (κ1) is 13.8. The van der Waals surface area contributed by atoms with Crippen LogP contribution in [-0.2, 0) is 10.2 Å². The molecule has 0 fully saturated rings. The Morgan fingerprint density at radius 2 is 2.00 bits per heavy atom. The molecule has 0 aromatic heterocycles. The standard InChI is InChI=1S/C8H20N2O3S/c1-3-5-9-14(12,13)10-7-8(2)4-6-11/h8-11H,3-7H2,1-2H3. The molecule has 0 aliphatic carbocycles. The minimum atomic E-state index is -3.34. The van der Waals surface area contributed by atoms with Crippen LogP contribution in [0.1, 0.15) is 26.7 Å². The van der Waals surface area contributed by atoms with Gasteiger partial charge in [-0.1, -0.05) is 13.8 Å². The fourth-order valence-corrected chi connectivity index (χ4v) is 1.94. The van der Waals surface area contributed by atoms with Crippen LogP contribution in [0.5, 0.6) is 0 Å². The molecule has 0 aliphatic rings. The highest BCUT2D eigenvalue weighted by molar-refractivity contribution is 7.87. The Bertz CT molecular complexity index is 229. The van der Waals surface area contributed by atoms with Crippen LogP contribution in [0, 0.1) is 5.92 Å². The van der Waals surface area contributed by atoms with Crippen molar-refractivity contribution in [1.29, 1.82) is 0 Å². The van der Waals surface area contributed by atoms with Crippen molar-refractivity contribution in [3.05, 3.63) is 0 Å². The molecule has 14 heavy (non-hydrogen) atoms. The first-order valence-corrected chi connectivity index (χ1v) is 6.35. The average molecular weight is 224 g/mol. The summed E-state index contributed by atoms with van der Waals surface area (Å²) in [6.45, 7) is 4.68. The molecule has 86 valence electrons. The van der Waals surface area contributed by atoms with Crippen molar-refractivity contribution >= 4 is 10.2 Å². The zero-order valence-corrected chi connectivity index (χ0v) is 9.60. The lowest BCUT2D eigenvalue weighted by Crippen LogP contribution is -2.39. The highest BCUT2D eigenvalue weighted by atomic mass is 32.2. The van der Waals surface area contributed by atoms with Gasteiger partial charge in [0.25, 0.3) is 10.2 Å². The van der Waals surface area contributed by atoms with E-state index in [2.05, 4.69) is 9.44 Å².